The van der Waals surface area contributed by atoms with Crippen LogP contribution >= 0.6 is 0 Å². The van der Waals surface area contributed by atoms with Gasteiger partial charge in [0.05, 0.1) is 5.69 Å². The van der Waals surface area contributed by atoms with Crippen LogP contribution in [0.3, 0.4) is 0 Å². The summed E-state index contributed by atoms with van der Waals surface area (Å²) in [6, 6.07) is 14.6. The van der Waals surface area contributed by atoms with Gasteiger partial charge in [-0.1, -0.05) is 50.2 Å². The minimum absolute atomic E-state index is 0.147. The second-order valence-corrected chi connectivity index (χ2v) is 8.63. The topological polar surface area (TPSA) is 92.8 Å². The Balaban J connectivity index is 1.92. The van der Waals surface area contributed by atoms with Crippen molar-refractivity contribution in [1.82, 2.24) is 4.72 Å². The number of amides is 1. The third-order valence-electron chi connectivity index (χ3n) is 4.79. The highest BCUT2D eigenvalue weighted by Gasteiger charge is 2.35. The largest absolute Gasteiger partial charge is 0.487 e. The molecule has 8 heteroatoms. The molecular weight excluding hydrogens is 392 g/mol. The number of nitrogens with zero attached hydrogens (tertiary/aromatic N) is 1. The highest BCUT2D eigenvalue weighted by Crippen LogP contribution is 2.34. The molecule has 1 aliphatic rings. The fourth-order valence-electron chi connectivity index (χ4n) is 3.22. The summed E-state index contributed by atoms with van der Waals surface area (Å²) in [5, 5.41) is 0. The second kappa shape index (κ2) is 8.65. The van der Waals surface area contributed by atoms with Gasteiger partial charge in [-0.15, -0.1) is 0 Å². The number of hydrogen-bond acceptors (Lipinski definition) is 5. The monoisotopic (exact) mass is 416 g/mol. The maximum absolute atomic E-state index is 12.3. The Labute approximate surface area is 170 Å². The molecule has 2 aromatic carbocycles. The van der Waals surface area contributed by atoms with Crippen LogP contribution in [0.4, 0.5) is 5.69 Å². The van der Waals surface area contributed by atoms with Gasteiger partial charge in [-0.3, -0.25) is 9.59 Å². The molecule has 1 fully saturated rings. The van der Waals surface area contributed by atoms with E-state index in [2.05, 4.69) is 0 Å². The average Bonchev–Trinajstić information content (AvgIpc) is 2.98. The maximum atomic E-state index is 12.3. The van der Waals surface area contributed by atoms with E-state index in [-0.39, 0.29) is 30.5 Å². The van der Waals surface area contributed by atoms with Crippen LogP contribution in [0, 0.1) is 5.92 Å². The van der Waals surface area contributed by atoms with Crippen LogP contribution in [0.25, 0.3) is 0 Å². The molecule has 0 bridgehead atoms. The first-order chi connectivity index (χ1) is 13.8. The molecule has 1 saturated heterocycles. The molecule has 1 N–H and O–H groups in total. The van der Waals surface area contributed by atoms with Gasteiger partial charge >= 0.3 is 10.2 Å². The normalized spacial score (nSPS) is 16.3. The van der Waals surface area contributed by atoms with Gasteiger partial charge in [-0.25, -0.2) is 9.03 Å². The Hall–Kier alpha value is -2.87. The first kappa shape index (κ1) is 20.9. The molecule has 2 aromatic rings. The number of carbonyl (C=O) groups is 2. The van der Waals surface area contributed by atoms with Gasteiger partial charge in [-0.2, -0.15) is 8.42 Å². The predicted molar refractivity (Wildman–Crippen MR) is 110 cm³/mol. The molecule has 0 aliphatic carbocycles. The summed E-state index contributed by atoms with van der Waals surface area (Å²) >= 11 is 0. The van der Waals surface area contributed by atoms with Gasteiger partial charge in [0.25, 0.3) is 5.91 Å². The minimum atomic E-state index is -3.95. The minimum Gasteiger partial charge on any atom is -0.487 e. The van der Waals surface area contributed by atoms with Crippen molar-refractivity contribution >= 4 is 27.6 Å². The summed E-state index contributed by atoms with van der Waals surface area (Å²) in [6.45, 7) is 3.65. The van der Waals surface area contributed by atoms with Crippen molar-refractivity contribution in [3.8, 4) is 5.75 Å². The lowest BCUT2D eigenvalue weighted by Gasteiger charge is -2.20. The van der Waals surface area contributed by atoms with E-state index in [1.807, 2.05) is 48.9 Å². The zero-order chi connectivity index (χ0) is 21.0. The number of hydrogen-bond donors (Lipinski definition) is 1. The Morgan fingerprint density at radius 3 is 2.52 bits per heavy atom. The first-order valence-corrected chi connectivity index (χ1v) is 10.9. The summed E-state index contributed by atoms with van der Waals surface area (Å²) in [7, 11) is -3.95. The Bertz CT molecular complexity index is 1000. The maximum Gasteiger partial charge on any atom is 0.326 e. The lowest BCUT2D eigenvalue weighted by molar-refractivity contribution is -0.122. The quantitative estimate of drug-likeness (QED) is 0.714. The lowest BCUT2D eigenvalue weighted by Crippen LogP contribution is -2.29. The van der Waals surface area contributed by atoms with Gasteiger partial charge in [0.1, 0.15) is 24.7 Å². The van der Waals surface area contributed by atoms with Gasteiger partial charge in [0.2, 0.25) is 0 Å². The molecule has 1 amide bonds. The molecule has 0 radical (unpaired) electrons. The standard InChI is InChI=1S/C21H24N2O5S/c1-3-19(24)15(2)11-17-9-10-18(23-13-21(25)22-29(23,26)27)20(12-17)28-14-16-7-5-4-6-8-16/h4-10,12,15H,3,11,13-14H2,1-2H3,(H,22,25). The van der Waals surface area contributed by atoms with Crippen molar-refractivity contribution in [1.29, 1.82) is 0 Å². The molecule has 0 saturated carbocycles. The number of Topliss-reactive ketones (excluding diaryl/α,β-unsaturated/α-hetero) is 1. The van der Waals surface area contributed by atoms with E-state index in [0.717, 1.165) is 15.4 Å². The highest BCUT2D eigenvalue weighted by atomic mass is 32.2. The number of ether oxygens (including phenoxy) is 1. The molecule has 1 heterocycles. The van der Waals surface area contributed by atoms with Crippen LogP contribution in [-0.4, -0.2) is 26.7 Å². The van der Waals surface area contributed by atoms with Crippen molar-refractivity contribution in [3.63, 3.8) is 0 Å². The number of carbonyl (C=O) groups excluding carboxylic acids is 2. The van der Waals surface area contributed by atoms with Crippen molar-refractivity contribution in [2.75, 3.05) is 10.8 Å². The van der Waals surface area contributed by atoms with Gasteiger partial charge in [0, 0.05) is 12.3 Å². The van der Waals surface area contributed by atoms with Crippen molar-refractivity contribution in [2.24, 2.45) is 5.92 Å². The van der Waals surface area contributed by atoms with Gasteiger partial charge in [-0.05, 0) is 29.7 Å². The van der Waals surface area contributed by atoms with E-state index in [4.69, 9.17) is 4.74 Å². The summed E-state index contributed by atoms with van der Waals surface area (Å²) < 4.78 is 33.5. The van der Waals surface area contributed by atoms with Crippen LogP contribution in [0.1, 0.15) is 31.4 Å². The van der Waals surface area contributed by atoms with E-state index in [1.165, 1.54) is 0 Å². The number of rotatable bonds is 8. The van der Waals surface area contributed by atoms with E-state index < -0.39 is 16.1 Å². The number of nitrogens with one attached hydrogen (secondary N) is 1. The first-order valence-electron chi connectivity index (χ1n) is 9.46. The zero-order valence-corrected chi connectivity index (χ0v) is 17.2. The molecule has 29 heavy (non-hydrogen) atoms. The predicted octanol–water partition coefficient (Wildman–Crippen LogP) is 2.60. The number of anilines is 1. The molecule has 1 atom stereocenters. The van der Waals surface area contributed by atoms with Crippen molar-refractivity contribution in [2.45, 2.75) is 33.3 Å². The van der Waals surface area contributed by atoms with E-state index in [0.29, 0.717) is 18.6 Å². The molecule has 3 rings (SSSR count). The van der Waals surface area contributed by atoms with Gasteiger partial charge < -0.3 is 4.74 Å². The molecule has 0 aromatic heterocycles. The molecule has 7 nitrogen and oxygen atoms in total. The molecule has 0 spiro atoms. The summed E-state index contributed by atoms with van der Waals surface area (Å²) in [4.78, 5) is 23.6. The third kappa shape index (κ3) is 4.95. The fraction of sp³-hybridized carbons (Fsp3) is 0.333. The average molecular weight is 416 g/mol. The van der Waals surface area contributed by atoms with Crippen LogP contribution in [0.5, 0.6) is 5.75 Å². The van der Waals surface area contributed by atoms with E-state index >= 15 is 0 Å². The molecule has 1 unspecified atom stereocenters. The van der Waals surface area contributed by atoms with Crippen molar-refractivity contribution in [3.05, 3.63) is 59.7 Å². The molecule has 1 aliphatic heterocycles. The van der Waals surface area contributed by atoms with Crippen LogP contribution < -0.4 is 13.8 Å². The summed E-state index contributed by atoms with van der Waals surface area (Å²) in [5.41, 5.74) is 2.08. The Kier molecular flexibility index (Phi) is 6.22. The summed E-state index contributed by atoms with van der Waals surface area (Å²) in [6.07, 6.45) is 0.995. The fourth-order valence-corrected chi connectivity index (χ4v) is 4.38. The molecule has 154 valence electrons. The van der Waals surface area contributed by atoms with E-state index in [1.54, 1.807) is 18.2 Å². The third-order valence-corrected chi connectivity index (χ3v) is 6.18. The number of benzene rings is 2. The number of ketones is 1. The SMILES string of the molecule is CCC(=O)C(C)Cc1ccc(N2CC(=O)NS2(=O)=O)c(OCc2ccccc2)c1. The Morgan fingerprint density at radius 1 is 1.17 bits per heavy atom. The summed E-state index contributed by atoms with van der Waals surface area (Å²) in [5.74, 6) is -0.225. The van der Waals surface area contributed by atoms with Crippen LogP contribution in [0.2, 0.25) is 0 Å². The van der Waals surface area contributed by atoms with Crippen LogP contribution in [0.15, 0.2) is 48.5 Å². The van der Waals surface area contributed by atoms with Gasteiger partial charge in [0.15, 0.2) is 0 Å². The highest BCUT2D eigenvalue weighted by molar-refractivity contribution is 7.92. The molecular formula is C21H24N2O5S. The van der Waals surface area contributed by atoms with Crippen molar-refractivity contribution < 1.29 is 22.7 Å². The smallest absolute Gasteiger partial charge is 0.326 e. The van der Waals surface area contributed by atoms with E-state index in [9.17, 15) is 18.0 Å². The second-order valence-electron chi connectivity index (χ2n) is 7.04. The van der Waals surface area contributed by atoms with Crippen LogP contribution in [-0.2, 0) is 32.8 Å². The Morgan fingerprint density at radius 2 is 1.90 bits per heavy atom. The lowest BCUT2D eigenvalue weighted by atomic mass is 9.95. The zero-order valence-electron chi connectivity index (χ0n) is 16.4.